The second-order valence-corrected chi connectivity index (χ2v) is 3.37. The van der Waals surface area contributed by atoms with E-state index in [0.29, 0.717) is 5.69 Å². The molecule has 2 aliphatic rings. The van der Waals surface area contributed by atoms with Crippen LogP contribution in [0.15, 0.2) is 12.3 Å². The third-order valence-corrected chi connectivity index (χ3v) is 2.65. The van der Waals surface area contributed by atoms with Crippen molar-refractivity contribution in [2.75, 3.05) is 13.1 Å². The number of aromatic nitrogens is 2. The first-order valence-corrected chi connectivity index (χ1v) is 4.42. The van der Waals surface area contributed by atoms with E-state index in [1.165, 1.54) is 0 Å². The molecule has 3 heterocycles. The average molecular weight is 178 g/mol. The highest BCUT2D eigenvalue weighted by Crippen LogP contribution is 2.17. The first-order valence-electron chi connectivity index (χ1n) is 4.42. The minimum absolute atomic E-state index is 0.0961. The predicted molar refractivity (Wildman–Crippen MR) is 45.1 cm³/mol. The molecule has 1 amide bonds. The van der Waals surface area contributed by atoms with Gasteiger partial charge in [-0.15, -0.1) is 0 Å². The summed E-state index contributed by atoms with van der Waals surface area (Å²) in [5.41, 5.74) is 0.708. The molecule has 0 radical (unpaired) electrons. The lowest BCUT2D eigenvalue weighted by atomic mass is 10.3. The number of hydrogen-bond donors (Lipinski definition) is 1. The molecular formula is C8H10N4O. The summed E-state index contributed by atoms with van der Waals surface area (Å²) in [5.74, 6) is 0.0961. The number of carbonyl (C=O) groups excluding carboxylic acids is 1. The van der Waals surface area contributed by atoms with Crippen LogP contribution in [-0.4, -0.2) is 39.8 Å². The largest absolute Gasteiger partial charge is 0.319 e. The molecule has 1 aromatic rings. The van der Waals surface area contributed by atoms with Crippen molar-refractivity contribution in [3.05, 3.63) is 18.0 Å². The van der Waals surface area contributed by atoms with E-state index < -0.39 is 0 Å². The van der Waals surface area contributed by atoms with Crippen molar-refractivity contribution in [1.82, 2.24) is 20.0 Å². The Labute approximate surface area is 75.3 Å². The Balaban J connectivity index is 2.07. The van der Waals surface area contributed by atoms with Gasteiger partial charge in [-0.2, -0.15) is 5.10 Å². The molecule has 0 spiro atoms. The SMILES string of the molecule is O=C1c2ccnn2CC2NCCN12. The summed E-state index contributed by atoms with van der Waals surface area (Å²) in [4.78, 5) is 13.7. The van der Waals surface area contributed by atoms with Gasteiger partial charge in [-0.1, -0.05) is 0 Å². The summed E-state index contributed by atoms with van der Waals surface area (Å²) in [6.07, 6.45) is 1.83. The fraction of sp³-hybridized carbons (Fsp3) is 0.500. The number of hydrogen-bond acceptors (Lipinski definition) is 3. The first-order chi connectivity index (χ1) is 6.36. The molecule has 3 rings (SSSR count). The van der Waals surface area contributed by atoms with Gasteiger partial charge in [0.2, 0.25) is 0 Å². The Morgan fingerprint density at radius 2 is 2.54 bits per heavy atom. The topological polar surface area (TPSA) is 50.2 Å². The quantitative estimate of drug-likeness (QED) is 0.569. The molecule has 0 bridgehead atoms. The van der Waals surface area contributed by atoms with Gasteiger partial charge in [0.15, 0.2) is 0 Å². The van der Waals surface area contributed by atoms with Crippen molar-refractivity contribution in [1.29, 1.82) is 0 Å². The highest BCUT2D eigenvalue weighted by Gasteiger charge is 2.35. The number of fused-ring (bicyclic) bond motifs is 2. The van der Waals surface area contributed by atoms with Gasteiger partial charge in [0, 0.05) is 19.3 Å². The summed E-state index contributed by atoms with van der Waals surface area (Å²) in [5, 5.41) is 7.36. The summed E-state index contributed by atoms with van der Waals surface area (Å²) in [6, 6.07) is 1.77. The summed E-state index contributed by atoms with van der Waals surface area (Å²) in [6.45, 7) is 2.48. The van der Waals surface area contributed by atoms with E-state index in [4.69, 9.17) is 0 Å². The van der Waals surface area contributed by atoms with Crippen LogP contribution < -0.4 is 5.32 Å². The molecule has 5 heteroatoms. The molecule has 1 saturated heterocycles. The van der Waals surface area contributed by atoms with Gasteiger partial charge >= 0.3 is 0 Å². The molecule has 1 fully saturated rings. The number of nitrogens with one attached hydrogen (secondary N) is 1. The second-order valence-electron chi connectivity index (χ2n) is 3.37. The van der Waals surface area contributed by atoms with Crippen LogP contribution in [0, 0.1) is 0 Å². The van der Waals surface area contributed by atoms with E-state index in [2.05, 4.69) is 10.4 Å². The van der Waals surface area contributed by atoms with Crippen LogP contribution in [0.2, 0.25) is 0 Å². The number of nitrogens with zero attached hydrogens (tertiary/aromatic N) is 3. The summed E-state index contributed by atoms with van der Waals surface area (Å²) < 4.78 is 1.77. The van der Waals surface area contributed by atoms with E-state index in [-0.39, 0.29) is 12.1 Å². The zero-order valence-corrected chi connectivity index (χ0v) is 7.10. The Morgan fingerprint density at radius 1 is 1.62 bits per heavy atom. The van der Waals surface area contributed by atoms with Crippen molar-refractivity contribution in [3.63, 3.8) is 0 Å². The van der Waals surface area contributed by atoms with Crippen LogP contribution in [0.25, 0.3) is 0 Å². The maximum atomic E-state index is 11.8. The van der Waals surface area contributed by atoms with Gasteiger partial charge in [-0.3, -0.25) is 14.8 Å². The molecule has 13 heavy (non-hydrogen) atoms. The maximum Gasteiger partial charge on any atom is 0.273 e. The van der Waals surface area contributed by atoms with Crippen LogP contribution in [-0.2, 0) is 6.54 Å². The lowest BCUT2D eigenvalue weighted by Crippen LogP contribution is -2.48. The number of amides is 1. The zero-order valence-electron chi connectivity index (χ0n) is 7.10. The fourth-order valence-electron chi connectivity index (χ4n) is 1.99. The monoisotopic (exact) mass is 178 g/mol. The summed E-state index contributed by atoms with van der Waals surface area (Å²) in [7, 11) is 0. The van der Waals surface area contributed by atoms with Crippen molar-refractivity contribution in [2.45, 2.75) is 12.7 Å². The maximum absolute atomic E-state index is 11.8. The highest BCUT2D eigenvalue weighted by molar-refractivity contribution is 5.93. The molecule has 0 aromatic carbocycles. The van der Waals surface area contributed by atoms with E-state index in [0.717, 1.165) is 19.6 Å². The van der Waals surface area contributed by atoms with Crippen LogP contribution in [0.5, 0.6) is 0 Å². The summed E-state index contributed by atoms with van der Waals surface area (Å²) >= 11 is 0. The van der Waals surface area contributed by atoms with Crippen molar-refractivity contribution >= 4 is 5.91 Å². The number of rotatable bonds is 0. The van der Waals surface area contributed by atoms with Crippen LogP contribution >= 0.6 is 0 Å². The Hall–Kier alpha value is -1.36. The second kappa shape index (κ2) is 2.32. The first kappa shape index (κ1) is 7.08. The lowest BCUT2D eigenvalue weighted by Gasteiger charge is -2.29. The van der Waals surface area contributed by atoms with Gasteiger partial charge in [0.1, 0.15) is 11.9 Å². The van der Waals surface area contributed by atoms with Crippen molar-refractivity contribution in [2.24, 2.45) is 0 Å². The molecule has 68 valence electrons. The lowest BCUT2D eigenvalue weighted by molar-refractivity contribution is 0.0646. The van der Waals surface area contributed by atoms with Gasteiger partial charge in [-0.05, 0) is 6.07 Å². The third-order valence-electron chi connectivity index (χ3n) is 2.65. The third kappa shape index (κ3) is 0.846. The standard InChI is InChI=1S/C8H10N4O/c13-8-6-1-2-10-12(6)5-7-9-3-4-11(7)8/h1-2,7,9H,3-5H2. The van der Waals surface area contributed by atoms with E-state index in [1.807, 2.05) is 4.90 Å². The predicted octanol–water partition coefficient (Wildman–Crippen LogP) is -0.732. The molecule has 1 unspecified atom stereocenters. The number of carbonyl (C=O) groups is 1. The van der Waals surface area contributed by atoms with Crippen molar-refractivity contribution < 1.29 is 4.79 Å². The molecule has 1 aromatic heterocycles. The van der Waals surface area contributed by atoms with Crippen LogP contribution in [0.3, 0.4) is 0 Å². The van der Waals surface area contributed by atoms with Gasteiger partial charge in [0.05, 0.1) is 6.54 Å². The molecular weight excluding hydrogens is 168 g/mol. The van der Waals surface area contributed by atoms with Gasteiger partial charge in [0.25, 0.3) is 5.91 Å². The average Bonchev–Trinajstić information content (AvgIpc) is 2.71. The molecule has 1 atom stereocenters. The van der Waals surface area contributed by atoms with Gasteiger partial charge in [-0.25, -0.2) is 0 Å². The Morgan fingerprint density at radius 3 is 3.46 bits per heavy atom. The zero-order chi connectivity index (χ0) is 8.84. The van der Waals surface area contributed by atoms with E-state index >= 15 is 0 Å². The molecule has 0 aliphatic carbocycles. The molecule has 5 nitrogen and oxygen atoms in total. The molecule has 1 N–H and O–H groups in total. The van der Waals surface area contributed by atoms with Gasteiger partial charge < -0.3 is 4.90 Å². The molecule has 0 saturated carbocycles. The molecule has 2 aliphatic heterocycles. The Kier molecular flexibility index (Phi) is 1.26. The minimum Gasteiger partial charge on any atom is -0.319 e. The Bertz CT molecular complexity index is 359. The van der Waals surface area contributed by atoms with Crippen LogP contribution in [0.1, 0.15) is 10.5 Å². The van der Waals surface area contributed by atoms with E-state index in [9.17, 15) is 4.79 Å². The van der Waals surface area contributed by atoms with Crippen molar-refractivity contribution in [3.8, 4) is 0 Å². The van der Waals surface area contributed by atoms with Crippen LogP contribution in [0.4, 0.5) is 0 Å². The fourth-order valence-corrected chi connectivity index (χ4v) is 1.99. The smallest absolute Gasteiger partial charge is 0.273 e. The minimum atomic E-state index is 0.0961. The highest BCUT2D eigenvalue weighted by atomic mass is 16.2. The van der Waals surface area contributed by atoms with E-state index in [1.54, 1.807) is 16.9 Å². The normalized spacial score (nSPS) is 26.0.